The highest BCUT2D eigenvalue weighted by Crippen LogP contribution is 2.39. The molecule has 0 aliphatic carbocycles. The van der Waals surface area contributed by atoms with Crippen molar-refractivity contribution in [2.24, 2.45) is 5.10 Å². The SMILES string of the molecule is CC1=NN(c2c(Cl)cc(Cl)cc2Cl)C(C=O)C1. The van der Waals surface area contributed by atoms with Crippen molar-refractivity contribution in [1.82, 2.24) is 0 Å². The van der Waals surface area contributed by atoms with Crippen LogP contribution in [0.1, 0.15) is 13.3 Å². The van der Waals surface area contributed by atoms with Gasteiger partial charge < -0.3 is 4.79 Å². The molecule has 1 atom stereocenters. The largest absolute Gasteiger partial charge is 0.301 e. The van der Waals surface area contributed by atoms with Gasteiger partial charge in [0.1, 0.15) is 12.3 Å². The Balaban J connectivity index is 2.50. The van der Waals surface area contributed by atoms with Crippen molar-refractivity contribution in [3.8, 4) is 0 Å². The van der Waals surface area contributed by atoms with Crippen LogP contribution in [0.3, 0.4) is 0 Å². The summed E-state index contributed by atoms with van der Waals surface area (Å²) in [7, 11) is 0. The lowest BCUT2D eigenvalue weighted by molar-refractivity contribution is -0.108. The van der Waals surface area contributed by atoms with Crippen LogP contribution in [0.2, 0.25) is 15.1 Å². The molecule has 0 N–H and O–H groups in total. The molecule has 90 valence electrons. The van der Waals surface area contributed by atoms with Gasteiger partial charge >= 0.3 is 0 Å². The molecule has 1 heterocycles. The summed E-state index contributed by atoms with van der Waals surface area (Å²) in [5.41, 5.74) is 1.39. The van der Waals surface area contributed by atoms with Gasteiger partial charge in [0.2, 0.25) is 0 Å². The molecule has 0 aromatic heterocycles. The number of hydrazone groups is 1. The van der Waals surface area contributed by atoms with Crippen molar-refractivity contribution in [2.45, 2.75) is 19.4 Å². The fourth-order valence-corrected chi connectivity index (χ4v) is 2.75. The van der Waals surface area contributed by atoms with Crippen LogP contribution >= 0.6 is 34.8 Å². The van der Waals surface area contributed by atoms with E-state index in [-0.39, 0.29) is 6.04 Å². The average molecular weight is 292 g/mol. The normalized spacial score (nSPS) is 19.4. The van der Waals surface area contributed by atoms with Crippen LogP contribution in [0, 0.1) is 0 Å². The van der Waals surface area contributed by atoms with Crippen LogP contribution in [0.15, 0.2) is 17.2 Å². The summed E-state index contributed by atoms with van der Waals surface area (Å²) in [5.74, 6) is 0. The lowest BCUT2D eigenvalue weighted by Gasteiger charge is -2.21. The van der Waals surface area contributed by atoms with Gasteiger partial charge in [-0.2, -0.15) is 5.10 Å². The predicted octanol–water partition coefficient (Wildman–Crippen LogP) is 3.80. The van der Waals surface area contributed by atoms with E-state index in [2.05, 4.69) is 5.10 Å². The monoisotopic (exact) mass is 290 g/mol. The van der Waals surface area contributed by atoms with Gasteiger partial charge in [-0.15, -0.1) is 0 Å². The molecule has 1 unspecified atom stereocenters. The summed E-state index contributed by atoms with van der Waals surface area (Å²) in [6.07, 6.45) is 1.42. The molecular formula is C11H9Cl3N2O. The van der Waals surface area contributed by atoms with Crippen molar-refractivity contribution in [3.63, 3.8) is 0 Å². The van der Waals surface area contributed by atoms with Gasteiger partial charge in [0.25, 0.3) is 0 Å². The number of halogens is 3. The summed E-state index contributed by atoms with van der Waals surface area (Å²) in [5, 5.41) is 7.03. The van der Waals surface area contributed by atoms with Gasteiger partial charge in [-0.3, -0.25) is 5.01 Å². The van der Waals surface area contributed by atoms with Crippen molar-refractivity contribution in [3.05, 3.63) is 27.2 Å². The van der Waals surface area contributed by atoms with Crippen molar-refractivity contribution >= 4 is 52.5 Å². The molecule has 1 aliphatic heterocycles. The third-order valence-corrected chi connectivity index (χ3v) is 3.26. The summed E-state index contributed by atoms with van der Waals surface area (Å²) in [4.78, 5) is 11.0. The minimum absolute atomic E-state index is 0.355. The summed E-state index contributed by atoms with van der Waals surface area (Å²) in [6, 6.07) is 2.80. The van der Waals surface area contributed by atoms with E-state index >= 15 is 0 Å². The van der Waals surface area contributed by atoms with Crippen molar-refractivity contribution in [2.75, 3.05) is 5.01 Å². The van der Waals surface area contributed by atoms with E-state index in [0.717, 1.165) is 12.0 Å². The van der Waals surface area contributed by atoms with Crippen LogP contribution in [0.5, 0.6) is 0 Å². The Hall–Kier alpha value is -0.770. The zero-order chi connectivity index (χ0) is 12.6. The molecular weight excluding hydrogens is 282 g/mol. The number of hydrogen-bond acceptors (Lipinski definition) is 3. The molecule has 0 fully saturated rings. The van der Waals surface area contributed by atoms with Gasteiger partial charge in [0.05, 0.1) is 15.7 Å². The Kier molecular flexibility index (Phi) is 3.61. The van der Waals surface area contributed by atoms with E-state index in [4.69, 9.17) is 34.8 Å². The van der Waals surface area contributed by atoms with E-state index in [1.54, 1.807) is 17.1 Å². The first-order chi connectivity index (χ1) is 8.02. The Labute approximate surface area is 114 Å². The minimum atomic E-state index is -0.355. The first kappa shape index (κ1) is 12.7. The van der Waals surface area contributed by atoms with Gasteiger partial charge in [-0.1, -0.05) is 34.8 Å². The minimum Gasteiger partial charge on any atom is -0.301 e. The number of aldehydes is 1. The van der Waals surface area contributed by atoms with Gasteiger partial charge in [0, 0.05) is 17.2 Å². The number of carbonyl (C=O) groups is 1. The van der Waals surface area contributed by atoms with Crippen molar-refractivity contribution < 1.29 is 4.79 Å². The lowest BCUT2D eigenvalue weighted by Crippen LogP contribution is -2.28. The molecule has 1 aromatic rings. The molecule has 3 nitrogen and oxygen atoms in total. The number of hydrogen-bond donors (Lipinski definition) is 0. The number of rotatable bonds is 2. The molecule has 17 heavy (non-hydrogen) atoms. The Morgan fingerprint density at radius 1 is 1.35 bits per heavy atom. The van der Waals surface area contributed by atoms with E-state index in [9.17, 15) is 4.79 Å². The average Bonchev–Trinajstić information content (AvgIpc) is 2.58. The smallest absolute Gasteiger partial charge is 0.144 e. The first-order valence-electron chi connectivity index (χ1n) is 4.96. The number of anilines is 1. The number of benzene rings is 1. The van der Waals surface area contributed by atoms with Crippen LogP contribution in [0.4, 0.5) is 5.69 Å². The van der Waals surface area contributed by atoms with E-state index in [0.29, 0.717) is 27.2 Å². The van der Waals surface area contributed by atoms with Gasteiger partial charge in [-0.25, -0.2) is 0 Å². The van der Waals surface area contributed by atoms with Crippen molar-refractivity contribution in [1.29, 1.82) is 0 Å². The Morgan fingerprint density at radius 3 is 2.47 bits per heavy atom. The zero-order valence-electron chi connectivity index (χ0n) is 8.95. The Morgan fingerprint density at radius 2 is 1.94 bits per heavy atom. The summed E-state index contributed by atoms with van der Waals surface area (Å²) < 4.78 is 0. The van der Waals surface area contributed by atoms with Crippen LogP contribution < -0.4 is 5.01 Å². The third-order valence-electron chi connectivity index (χ3n) is 2.46. The first-order valence-corrected chi connectivity index (χ1v) is 6.09. The van der Waals surface area contributed by atoms with Gasteiger partial charge in [-0.05, 0) is 19.1 Å². The summed E-state index contributed by atoms with van der Waals surface area (Å²) in [6.45, 7) is 1.86. The molecule has 1 aromatic carbocycles. The maximum absolute atomic E-state index is 11.0. The predicted molar refractivity (Wildman–Crippen MR) is 71.5 cm³/mol. The second kappa shape index (κ2) is 4.84. The maximum Gasteiger partial charge on any atom is 0.144 e. The zero-order valence-corrected chi connectivity index (χ0v) is 11.2. The standard InChI is InChI=1S/C11H9Cl3N2O/c1-6-2-8(5-17)16(15-6)11-9(13)3-7(12)4-10(11)14/h3-5,8H,2H2,1H3. The highest BCUT2D eigenvalue weighted by Gasteiger charge is 2.28. The maximum atomic E-state index is 11.0. The molecule has 0 radical (unpaired) electrons. The number of carbonyl (C=O) groups excluding carboxylic acids is 1. The van der Waals surface area contributed by atoms with Crippen LogP contribution in [-0.2, 0) is 4.79 Å². The van der Waals surface area contributed by atoms with E-state index in [1.807, 2.05) is 6.92 Å². The molecule has 0 bridgehead atoms. The molecule has 0 saturated carbocycles. The van der Waals surface area contributed by atoms with E-state index < -0.39 is 0 Å². The molecule has 0 saturated heterocycles. The molecule has 1 aliphatic rings. The van der Waals surface area contributed by atoms with E-state index in [1.165, 1.54) is 0 Å². The Bertz CT molecular complexity index is 478. The van der Waals surface area contributed by atoms with Crippen LogP contribution in [0.25, 0.3) is 0 Å². The second-order valence-electron chi connectivity index (χ2n) is 3.81. The second-order valence-corrected chi connectivity index (χ2v) is 5.06. The summed E-state index contributed by atoms with van der Waals surface area (Å²) >= 11 is 18.0. The molecule has 0 amide bonds. The molecule has 0 spiro atoms. The highest BCUT2D eigenvalue weighted by molar-refractivity contribution is 6.41. The fraction of sp³-hybridized carbons (Fsp3) is 0.273. The number of nitrogens with zero attached hydrogens (tertiary/aromatic N) is 2. The van der Waals surface area contributed by atoms with Gasteiger partial charge in [0.15, 0.2) is 0 Å². The highest BCUT2D eigenvalue weighted by atomic mass is 35.5. The topological polar surface area (TPSA) is 32.7 Å². The van der Waals surface area contributed by atoms with Crippen LogP contribution in [-0.4, -0.2) is 18.0 Å². The third kappa shape index (κ3) is 2.41. The lowest BCUT2D eigenvalue weighted by atomic mass is 10.2. The molecule has 2 rings (SSSR count). The fourth-order valence-electron chi connectivity index (χ4n) is 1.76. The quantitative estimate of drug-likeness (QED) is 0.776. The molecule has 6 heteroatoms.